The van der Waals surface area contributed by atoms with Crippen molar-refractivity contribution in [2.75, 3.05) is 9.71 Å². The van der Waals surface area contributed by atoms with Gasteiger partial charge in [-0.15, -0.1) is 0 Å². The molecule has 8 aromatic carbocycles. The van der Waals surface area contributed by atoms with Gasteiger partial charge in [-0.25, -0.2) is 0 Å². The zero-order chi connectivity index (χ0) is 48.4. The lowest BCUT2D eigenvalue weighted by Gasteiger charge is -2.48. The molecule has 0 radical (unpaired) electrons. The Hall–Kier alpha value is -6.98. The highest BCUT2D eigenvalue weighted by atomic mass is 16.6. The molecule has 0 spiro atoms. The van der Waals surface area contributed by atoms with Crippen LogP contribution in [0.2, 0.25) is 0 Å². The fraction of sp³-hybridized carbons (Fsp3) is 0.262. The quantitative estimate of drug-likeness (QED) is 0.165. The first kappa shape index (κ1) is 43.1. The lowest BCUT2D eigenvalue weighted by molar-refractivity contribution is 0.332. The molecule has 5 heteroatoms. The van der Waals surface area contributed by atoms with Gasteiger partial charge in [0.1, 0.15) is 0 Å². The van der Waals surface area contributed by atoms with E-state index < -0.39 is 0 Å². The second-order valence-electron chi connectivity index (χ2n) is 23.7. The molecule has 0 fully saturated rings. The van der Waals surface area contributed by atoms with Gasteiger partial charge >= 0.3 is 6.85 Å². The zero-order valence-corrected chi connectivity index (χ0v) is 42.6. The van der Waals surface area contributed by atoms with Crippen LogP contribution in [0.25, 0.3) is 33.4 Å². The highest BCUT2D eigenvalue weighted by molar-refractivity contribution is 6.93. The largest absolute Gasteiger partial charge is 0.450 e. The number of rotatable bonds is 3. The monoisotopic (exact) mass is 912 g/mol. The number of aryl methyl sites for hydroxylation is 2. The second-order valence-corrected chi connectivity index (χ2v) is 23.7. The predicted octanol–water partition coefficient (Wildman–Crippen LogP) is 16.5. The van der Waals surface area contributed by atoms with Crippen molar-refractivity contribution in [1.82, 2.24) is 0 Å². The lowest BCUT2D eigenvalue weighted by atomic mass is 9.43. The number of hydrogen-bond acceptors (Lipinski definition) is 4. The van der Waals surface area contributed by atoms with Gasteiger partial charge in [0.05, 0.1) is 0 Å². The van der Waals surface area contributed by atoms with Crippen molar-refractivity contribution in [2.45, 2.75) is 111 Å². The van der Waals surface area contributed by atoms with Crippen molar-refractivity contribution in [3.8, 4) is 56.4 Å². The van der Waals surface area contributed by atoms with Crippen LogP contribution in [0.15, 0.2) is 146 Å². The Labute approximate surface area is 415 Å². The predicted molar refractivity (Wildman–Crippen MR) is 293 cm³/mol. The molecule has 5 aliphatic rings. The van der Waals surface area contributed by atoms with E-state index in [0.717, 1.165) is 35.1 Å². The molecule has 346 valence electrons. The Morgan fingerprint density at radius 2 is 1.11 bits per heavy atom. The summed E-state index contributed by atoms with van der Waals surface area (Å²) in [5.41, 5.74) is 25.2. The molecule has 0 atom stereocenters. The third-order valence-corrected chi connectivity index (χ3v) is 16.9. The number of benzene rings is 8. The summed E-state index contributed by atoms with van der Waals surface area (Å²) >= 11 is 0. The van der Waals surface area contributed by atoms with Crippen LogP contribution in [0.1, 0.15) is 114 Å². The molecule has 0 bridgehead atoms. The maximum absolute atomic E-state index is 6.90. The van der Waals surface area contributed by atoms with Crippen LogP contribution in [0.4, 0.5) is 28.4 Å². The Balaban J connectivity index is 1.17. The molecule has 8 aromatic rings. The Morgan fingerprint density at radius 3 is 1.83 bits per heavy atom. The standard InChI is InChI=1S/C65H61BN2O2/c1-38-29-46-45-33-44-42-21-15-16-22-47(42)65(10,11)48(44)34-54(45)68(52-26-25-41(62(3,4)5)32-43(52)40-19-13-12-14-20-40)66-51-36-59-60(70-58-24-18-17-23-57(58)69-59)37-55(51)67(56(30-38)61(46)66)53-35-50-49(31-39(53)2)63(6,7)27-28-64(50,8)9/h12-26,29-37H,27-28H2,1-11H3. The van der Waals surface area contributed by atoms with Crippen molar-refractivity contribution in [3.63, 3.8) is 0 Å². The summed E-state index contributed by atoms with van der Waals surface area (Å²) in [7, 11) is 0. The van der Waals surface area contributed by atoms with Gasteiger partial charge in [-0.2, -0.15) is 0 Å². The van der Waals surface area contributed by atoms with Gasteiger partial charge < -0.3 is 19.2 Å². The van der Waals surface area contributed by atoms with Crippen molar-refractivity contribution in [1.29, 1.82) is 0 Å². The minimum atomic E-state index is -0.239. The molecule has 2 aliphatic carbocycles. The summed E-state index contributed by atoms with van der Waals surface area (Å²) in [6.07, 6.45) is 2.30. The van der Waals surface area contributed by atoms with Gasteiger partial charge in [0, 0.05) is 51.0 Å². The normalized spacial score (nSPS) is 16.9. The average molecular weight is 913 g/mol. The second kappa shape index (κ2) is 14.5. The maximum Gasteiger partial charge on any atom is 0.333 e. The molecule has 3 aliphatic heterocycles. The molecular formula is C65H61BN2O2. The number of anilines is 5. The van der Waals surface area contributed by atoms with E-state index in [4.69, 9.17) is 9.47 Å². The van der Waals surface area contributed by atoms with E-state index in [9.17, 15) is 0 Å². The van der Waals surface area contributed by atoms with Crippen molar-refractivity contribution >= 4 is 46.2 Å². The number of nitrogens with zero attached hydrogens (tertiary/aromatic N) is 2. The highest BCUT2D eigenvalue weighted by Crippen LogP contribution is 2.58. The molecule has 3 heterocycles. The summed E-state index contributed by atoms with van der Waals surface area (Å²) < 4.78 is 13.8. The third kappa shape index (κ3) is 6.15. The maximum atomic E-state index is 6.90. The number of hydrogen-bond donors (Lipinski definition) is 0. The summed E-state index contributed by atoms with van der Waals surface area (Å²) in [6, 6.07) is 55.0. The summed E-state index contributed by atoms with van der Waals surface area (Å²) in [4.78, 5) is 5.29. The molecule has 0 unspecified atom stereocenters. The van der Waals surface area contributed by atoms with E-state index in [1.807, 2.05) is 24.3 Å². The van der Waals surface area contributed by atoms with Gasteiger partial charge in [0.25, 0.3) is 0 Å². The van der Waals surface area contributed by atoms with Crippen LogP contribution in [0, 0.1) is 13.8 Å². The first-order chi connectivity index (χ1) is 33.4. The van der Waals surface area contributed by atoms with Crippen LogP contribution in [0.3, 0.4) is 0 Å². The molecular weight excluding hydrogens is 852 g/mol. The minimum Gasteiger partial charge on any atom is -0.450 e. The first-order valence-electron chi connectivity index (χ1n) is 25.4. The number of fused-ring (bicyclic) bond motifs is 10. The smallest absolute Gasteiger partial charge is 0.333 e. The van der Waals surface area contributed by atoms with Crippen molar-refractivity contribution in [3.05, 3.63) is 185 Å². The third-order valence-electron chi connectivity index (χ3n) is 16.9. The lowest BCUT2D eigenvalue weighted by Crippen LogP contribution is -2.61. The fourth-order valence-electron chi connectivity index (χ4n) is 12.9. The molecule has 0 aromatic heterocycles. The summed E-state index contributed by atoms with van der Waals surface area (Å²) in [5.74, 6) is 2.89. The van der Waals surface area contributed by atoms with Gasteiger partial charge in [-0.05, 0) is 170 Å². The number of para-hydroxylation sites is 2. The zero-order valence-electron chi connectivity index (χ0n) is 42.6. The van der Waals surface area contributed by atoms with E-state index >= 15 is 0 Å². The molecule has 0 amide bonds. The van der Waals surface area contributed by atoms with Crippen LogP contribution in [0.5, 0.6) is 23.0 Å². The fourth-order valence-corrected chi connectivity index (χ4v) is 12.9. The molecule has 13 rings (SSSR count). The molecule has 0 saturated heterocycles. The molecule has 4 nitrogen and oxygen atoms in total. The Bertz CT molecular complexity index is 3560. The molecule has 70 heavy (non-hydrogen) atoms. The van der Waals surface area contributed by atoms with Gasteiger partial charge in [0.15, 0.2) is 23.0 Å². The first-order valence-corrected chi connectivity index (χ1v) is 25.4. The summed E-state index contributed by atoms with van der Waals surface area (Å²) in [6.45, 7) is 25.9. The Morgan fingerprint density at radius 1 is 0.471 bits per heavy atom. The van der Waals surface area contributed by atoms with Crippen molar-refractivity contribution in [2.24, 2.45) is 0 Å². The van der Waals surface area contributed by atoms with Gasteiger partial charge in [-0.1, -0.05) is 147 Å². The minimum absolute atomic E-state index is 0.0181. The van der Waals surface area contributed by atoms with E-state index in [-0.39, 0.29) is 28.5 Å². The van der Waals surface area contributed by atoms with E-state index in [1.54, 1.807) is 0 Å². The van der Waals surface area contributed by atoms with Gasteiger partial charge in [0.2, 0.25) is 0 Å². The van der Waals surface area contributed by atoms with E-state index in [2.05, 4.69) is 207 Å². The highest BCUT2D eigenvalue weighted by Gasteiger charge is 2.49. The number of ether oxygens (including phenoxy) is 2. The SMILES string of the molecule is Cc1cc2c3c(c1)N(c1cc4c(cc1C)C(C)(C)CCC4(C)C)c1cc4c(cc1B3N(c1ccc(C(C)(C)C)cc1-c1ccccc1)c1cc3c(cc1-2)-c1ccccc1C3(C)C)Oc1ccccc1O4. The van der Waals surface area contributed by atoms with Crippen LogP contribution in [-0.2, 0) is 21.7 Å². The summed E-state index contributed by atoms with van der Waals surface area (Å²) in [5, 5.41) is 0. The van der Waals surface area contributed by atoms with Crippen LogP contribution < -0.4 is 30.1 Å². The molecule has 0 N–H and O–H groups in total. The van der Waals surface area contributed by atoms with Crippen LogP contribution >= 0.6 is 0 Å². The van der Waals surface area contributed by atoms with Crippen LogP contribution in [-0.4, -0.2) is 6.85 Å². The topological polar surface area (TPSA) is 24.9 Å². The molecule has 0 saturated carbocycles. The van der Waals surface area contributed by atoms with Gasteiger partial charge in [-0.3, -0.25) is 0 Å². The van der Waals surface area contributed by atoms with Crippen molar-refractivity contribution < 1.29 is 9.47 Å². The van der Waals surface area contributed by atoms with E-state index in [1.165, 1.54) is 112 Å². The van der Waals surface area contributed by atoms with E-state index in [0.29, 0.717) is 0 Å². The average Bonchev–Trinajstić information content (AvgIpc) is 3.56. The Kier molecular flexibility index (Phi) is 8.95.